The molecule has 0 aromatic heterocycles. The van der Waals surface area contributed by atoms with Gasteiger partial charge in [0, 0.05) is 0 Å². The lowest BCUT2D eigenvalue weighted by atomic mass is 9.49. The molecule has 0 radical (unpaired) electrons. The van der Waals surface area contributed by atoms with Gasteiger partial charge in [0.05, 0.1) is 5.60 Å². The van der Waals surface area contributed by atoms with Crippen molar-refractivity contribution in [1.29, 1.82) is 0 Å². The van der Waals surface area contributed by atoms with Gasteiger partial charge in [-0.25, -0.2) is 0 Å². The third-order valence-corrected chi connectivity index (χ3v) is 9.09. The largest absolute Gasteiger partial charge is 0.362 e. The Bertz CT molecular complexity index is 459. The number of ether oxygens (including phenoxy) is 1. The smallest absolute Gasteiger partial charge is 0.101 e. The summed E-state index contributed by atoms with van der Waals surface area (Å²) in [6.07, 6.45) is 16.0. The lowest BCUT2D eigenvalue weighted by molar-refractivity contribution is -0.0360. The highest BCUT2D eigenvalue weighted by Crippen LogP contribution is 2.73. The van der Waals surface area contributed by atoms with Gasteiger partial charge in [0.2, 0.25) is 0 Å². The number of hydrogen-bond donors (Lipinski definition) is 0. The van der Waals surface area contributed by atoms with Gasteiger partial charge >= 0.3 is 0 Å². The summed E-state index contributed by atoms with van der Waals surface area (Å²) in [5.41, 5.74) is 1.43. The molecule has 4 saturated carbocycles. The fraction of sp³-hybridized carbons (Fsp3) is 1.00. The van der Waals surface area contributed by atoms with Crippen molar-refractivity contribution in [3.63, 3.8) is 0 Å². The molecule has 5 fully saturated rings. The zero-order chi connectivity index (χ0) is 14.3. The number of fused-ring (bicyclic) bond motifs is 3. The first kappa shape index (κ1) is 13.4. The summed E-state index contributed by atoms with van der Waals surface area (Å²) in [6, 6.07) is 0. The Morgan fingerprint density at radius 3 is 2.62 bits per heavy atom. The van der Waals surface area contributed by atoms with Crippen LogP contribution in [-0.2, 0) is 4.74 Å². The van der Waals surface area contributed by atoms with E-state index in [1.54, 1.807) is 0 Å². The molecular formula is C20H32O. The third-order valence-electron chi connectivity index (χ3n) is 9.09. The summed E-state index contributed by atoms with van der Waals surface area (Å²) in [4.78, 5) is 0. The van der Waals surface area contributed by atoms with E-state index in [4.69, 9.17) is 4.74 Å². The van der Waals surface area contributed by atoms with E-state index in [1.165, 1.54) is 70.6 Å². The Morgan fingerprint density at radius 2 is 1.76 bits per heavy atom. The molecule has 0 N–H and O–H groups in total. The van der Waals surface area contributed by atoms with Crippen LogP contribution < -0.4 is 0 Å². The fourth-order valence-electron chi connectivity index (χ4n) is 8.10. The molecule has 1 aliphatic heterocycles. The Balaban J connectivity index is 1.47. The quantitative estimate of drug-likeness (QED) is 0.594. The minimum Gasteiger partial charge on any atom is -0.362 e. The van der Waals surface area contributed by atoms with E-state index in [0.29, 0.717) is 16.6 Å². The molecule has 0 aromatic carbocycles. The summed E-state index contributed by atoms with van der Waals surface area (Å²) in [5, 5.41) is 0. The fourth-order valence-corrected chi connectivity index (χ4v) is 8.10. The molecular weight excluding hydrogens is 256 g/mol. The lowest BCUT2D eigenvalue weighted by Gasteiger charge is -2.53. The number of rotatable bonds is 1. The van der Waals surface area contributed by atoms with Crippen LogP contribution in [0.15, 0.2) is 0 Å². The maximum Gasteiger partial charge on any atom is 0.101 e. The van der Waals surface area contributed by atoms with E-state index < -0.39 is 0 Å². The van der Waals surface area contributed by atoms with Crippen LogP contribution in [0.2, 0.25) is 0 Å². The average molecular weight is 288 g/mol. The van der Waals surface area contributed by atoms with E-state index in [1.807, 2.05) is 0 Å². The van der Waals surface area contributed by atoms with Crippen LogP contribution in [-0.4, -0.2) is 11.2 Å². The van der Waals surface area contributed by atoms with Crippen LogP contribution >= 0.6 is 0 Å². The van der Waals surface area contributed by atoms with E-state index in [0.717, 1.165) is 23.7 Å². The second kappa shape index (κ2) is 4.08. The van der Waals surface area contributed by atoms with Crippen LogP contribution in [0.3, 0.4) is 0 Å². The number of epoxide rings is 1. The van der Waals surface area contributed by atoms with Crippen molar-refractivity contribution in [3.05, 3.63) is 0 Å². The molecule has 21 heavy (non-hydrogen) atoms. The molecule has 1 nitrogen and oxygen atoms in total. The molecule has 1 unspecified atom stereocenters. The van der Waals surface area contributed by atoms with Gasteiger partial charge in [-0.15, -0.1) is 0 Å². The van der Waals surface area contributed by atoms with Crippen LogP contribution in [0.5, 0.6) is 0 Å². The first-order valence-corrected chi connectivity index (χ1v) is 9.85. The second-order valence-electron chi connectivity index (χ2n) is 9.34. The molecule has 118 valence electrons. The topological polar surface area (TPSA) is 12.5 Å². The molecule has 1 heterocycles. The Hall–Kier alpha value is -0.0400. The second-order valence-corrected chi connectivity index (χ2v) is 9.34. The van der Waals surface area contributed by atoms with Gasteiger partial charge < -0.3 is 4.74 Å². The van der Waals surface area contributed by atoms with Gasteiger partial charge in [-0.2, -0.15) is 0 Å². The van der Waals surface area contributed by atoms with E-state index >= 15 is 0 Å². The van der Waals surface area contributed by atoms with Crippen molar-refractivity contribution in [2.75, 3.05) is 0 Å². The van der Waals surface area contributed by atoms with Gasteiger partial charge in [0.25, 0.3) is 0 Å². The molecule has 5 aliphatic rings. The molecule has 1 heteroatoms. The molecule has 0 bridgehead atoms. The zero-order valence-corrected chi connectivity index (χ0v) is 14.0. The van der Waals surface area contributed by atoms with Crippen molar-refractivity contribution in [2.24, 2.45) is 29.1 Å². The Kier molecular flexibility index (Phi) is 2.60. The van der Waals surface area contributed by atoms with Crippen LogP contribution in [0.4, 0.5) is 0 Å². The highest BCUT2D eigenvalue weighted by molar-refractivity contribution is 5.25. The van der Waals surface area contributed by atoms with E-state index in [9.17, 15) is 0 Å². The van der Waals surface area contributed by atoms with Crippen molar-refractivity contribution < 1.29 is 4.74 Å². The summed E-state index contributed by atoms with van der Waals surface area (Å²) in [7, 11) is 0. The standard InChI is InChI=1S/C20H32O/c1-3-14-6-7-16-15-8-13-19-10-4-5-11-20(19,21-19)17(15)9-12-18(14,16)2/h14-17H,3-13H2,1-2H3/t14-,15-,16-,17-,18+,19?,20+/m0/s1. The van der Waals surface area contributed by atoms with Crippen molar-refractivity contribution in [1.82, 2.24) is 0 Å². The molecule has 1 saturated heterocycles. The minimum absolute atomic E-state index is 0.375. The zero-order valence-electron chi connectivity index (χ0n) is 14.0. The maximum atomic E-state index is 6.62. The van der Waals surface area contributed by atoms with E-state index in [2.05, 4.69) is 13.8 Å². The molecule has 7 atom stereocenters. The lowest BCUT2D eigenvalue weighted by Crippen LogP contribution is -2.52. The third kappa shape index (κ3) is 1.44. The first-order chi connectivity index (χ1) is 10.2. The molecule has 0 aromatic rings. The van der Waals surface area contributed by atoms with Crippen molar-refractivity contribution in [2.45, 2.75) is 95.7 Å². The molecule has 4 aliphatic carbocycles. The summed E-state index contributed by atoms with van der Waals surface area (Å²) < 4.78 is 6.62. The van der Waals surface area contributed by atoms with Gasteiger partial charge in [-0.3, -0.25) is 0 Å². The average Bonchev–Trinajstić information content (AvgIpc) is 3.09. The normalized spacial score (nSPS) is 61.4. The van der Waals surface area contributed by atoms with Gasteiger partial charge in [-0.05, 0) is 80.5 Å². The SMILES string of the molecule is CC[C@H]1CC[C@H]2[C@@H]3CCC45CCCC[C@@]4(O5)[C@H]3CC[C@]12C. The summed E-state index contributed by atoms with van der Waals surface area (Å²) in [5.74, 6) is 3.98. The van der Waals surface area contributed by atoms with Crippen LogP contribution in [0, 0.1) is 29.1 Å². The van der Waals surface area contributed by atoms with Crippen LogP contribution in [0.25, 0.3) is 0 Å². The highest BCUT2D eigenvalue weighted by Gasteiger charge is 2.77. The summed E-state index contributed by atoms with van der Waals surface area (Å²) >= 11 is 0. The monoisotopic (exact) mass is 288 g/mol. The summed E-state index contributed by atoms with van der Waals surface area (Å²) in [6.45, 7) is 5.09. The van der Waals surface area contributed by atoms with Gasteiger partial charge in [0.15, 0.2) is 0 Å². The number of hydrogen-bond acceptors (Lipinski definition) is 1. The Morgan fingerprint density at radius 1 is 0.905 bits per heavy atom. The van der Waals surface area contributed by atoms with Crippen molar-refractivity contribution >= 4 is 0 Å². The minimum atomic E-state index is 0.375. The Labute approximate surface area is 130 Å². The van der Waals surface area contributed by atoms with Gasteiger partial charge in [0.1, 0.15) is 5.60 Å². The molecule has 0 spiro atoms. The molecule has 5 rings (SSSR count). The maximum absolute atomic E-state index is 6.62. The van der Waals surface area contributed by atoms with E-state index in [-0.39, 0.29) is 0 Å². The predicted octanol–water partition coefficient (Wildman–Crippen LogP) is 5.33. The van der Waals surface area contributed by atoms with Crippen molar-refractivity contribution in [3.8, 4) is 0 Å². The first-order valence-electron chi connectivity index (χ1n) is 9.85. The molecule has 0 amide bonds. The van der Waals surface area contributed by atoms with Gasteiger partial charge in [-0.1, -0.05) is 33.1 Å². The van der Waals surface area contributed by atoms with Crippen LogP contribution in [0.1, 0.15) is 84.5 Å². The predicted molar refractivity (Wildman–Crippen MR) is 85.1 cm³/mol. The highest BCUT2D eigenvalue weighted by atomic mass is 16.6.